The Morgan fingerprint density at radius 1 is 1.37 bits per heavy atom. The van der Waals surface area contributed by atoms with Gasteiger partial charge in [0, 0.05) is 12.6 Å². The molecule has 0 radical (unpaired) electrons. The molecule has 1 atom stereocenters. The van der Waals surface area contributed by atoms with Crippen LogP contribution >= 0.6 is 0 Å². The highest BCUT2D eigenvalue weighted by Gasteiger charge is 2.22. The van der Waals surface area contributed by atoms with Crippen LogP contribution in [0.2, 0.25) is 0 Å². The fourth-order valence-electron chi connectivity index (χ4n) is 2.52. The van der Waals surface area contributed by atoms with Gasteiger partial charge in [-0.2, -0.15) is 0 Å². The molecular formula is C14H21N3O2. The van der Waals surface area contributed by atoms with Gasteiger partial charge < -0.3 is 9.64 Å². The van der Waals surface area contributed by atoms with Gasteiger partial charge >= 0.3 is 5.97 Å². The molecule has 2 rings (SSSR count). The molecule has 0 saturated carbocycles. The number of esters is 1. The van der Waals surface area contributed by atoms with Crippen LogP contribution in [-0.2, 0) is 4.74 Å². The van der Waals surface area contributed by atoms with Gasteiger partial charge in [-0.25, -0.2) is 4.79 Å². The van der Waals surface area contributed by atoms with E-state index in [2.05, 4.69) is 22.0 Å². The zero-order chi connectivity index (χ0) is 13.7. The number of hydrogen-bond donors (Lipinski definition) is 0. The maximum atomic E-state index is 11.5. The smallest absolute Gasteiger partial charge is 0.358 e. The number of carbonyl (C=O) groups is 1. The molecule has 1 unspecified atom stereocenters. The number of anilines is 1. The van der Waals surface area contributed by atoms with Gasteiger partial charge in [-0.3, -0.25) is 0 Å². The third-order valence-electron chi connectivity index (χ3n) is 3.53. The number of aromatic nitrogens is 2. The maximum absolute atomic E-state index is 11.5. The second kappa shape index (κ2) is 6.50. The van der Waals surface area contributed by atoms with Crippen LogP contribution in [-0.4, -0.2) is 35.4 Å². The van der Waals surface area contributed by atoms with Crippen LogP contribution in [0.1, 0.15) is 50.0 Å². The van der Waals surface area contributed by atoms with E-state index in [0.29, 0.717) is 12.6 Å². The predicted octanol–water partition coefficient (Wildman–Crippen LogP) is 2.42. The predicted molar refractivity (Wildman–Crippen MR) is 73.3 cm³/mol. The number of nitrogens with zero attached hydrogens (tertiary/aromatic N) is 3. The molecule has 1 fully saturated rings. The van der Waals surface area contributed by atoms with Crippen LogP contribution < -0.4 is 4.90 Å². The first-order valence-corrected chi connectivity index (χ1v) is 7.03. The molecule has 19 heavy (non-hydrogen) atoms. The monoisotopic (exact) mass is 263 g/mol. The summed E-state index contributed by atoms with van der Waals surface area (Å²) in [6, 6.07) is 4.10. The van der Waals surface area contributed by atoms with Crippen LogP contribution in [0.25, 0.3) is 0 Å². The Morgan fingerprint density at radius 3 is 2.84 bits per heavy atom. The van der Waals surface area contributed by atoms with E-state index in [9.17, 15) is 4.79 Å². The van der Waals surface area contributed by atoms with Crippen LogP contribution in [0.15, 0.2) is 12.1 Å². The molecule has 0 bridgehead atoms. The normalized spacial score (nSPS) is 19.3. The standard InChI is InChI=1S/C14H21N3O2/c1-3-11-7-5-6-10-17(11)13-9-8-12(15-16-13)14(18)19-4-2/h8-9,11H,3-7,10H2,1-2H3. The van der Waals surface area contributed by atoms with Gasteiger partial charge in [0.1, 0.15) is 0 Å². The minimum Gasteiger partial charge on any atom is -0.461 e. The second-order valence-corrected chi connectivity index (χ2v) is 4.75. The summed E-state index contributed by atoms with van der Waals surface area (Å²) in [6.45, 7) is 5.35. The number of rotatable bonds is 4. The van der Waals surface area contributed by atoms with Crippen LogP contribution in [0.4, 0.5) is 5.82 Å². The van der Waals surface area contributed by atoms with Crippen molar-refractivity contribution in [3.05, 3.63) is 17.8 Å². The topological polar surface area (TPSA) is 55.3 Å². The van der Waals surface area contributed by atoms with E-state index in [1.807, 2.05) is 6.07 Å². The number of hydrogen-bond acceptors (Lipinski definition) is 5. The van der Waals surface area contributed by atoms with Crippen LogP contribution in [0.5, 0.6) is 0 Å². The van der Waals surface area contributed by atoms with Crippen LogP contribution in [0.3, 0.4) is 0 Å². The van der Waals surface area contributed by atoms with Gasteiger partial charge in [0.25, 0.3) is 0 Å². The molecule has 1 saturated heterocycles. The Labute approximate surface area is 114 Å². The highest BCUT2D eigenvalue weighted by molar-refractivity contribution is 5.87. The molecule has 5 nitrogen and oxygen atoms in total. The van der Waals surface area contributed by atoms with Gasteiger partial charge in [-0.15, -0.1) is 10.2 Å². The van der Waals surface area contributed by atoms with E-state index < -0.39 is 5.97 Å². The van der Waals surface area contributed by atoms with Crippen molar-refractivity contribution in [1.29, 1.82) is 0 Å². The molecule has 5 heteroatoms. The van der Waals surface area contributed by atoms with Crippen molar-refractivity contribution < 1.29 is 9.53 Å². The maximum Gasteiger partial charge on any atom is 0.358 e. The lowest BCUT2D eigenvalue weighted by molar-refractivity contribution is 0.0518. The molecule has 1 aromatic rings. The van der Waals surface area contributed by atoms with Gasteiger partial charge in [0.05, 0.1) is 6.61 Å². The summed E-state index contributed by atoms with van der Waals surface area (Å²) in [5.74, 6) is 0.451. The van der Waals surface area contributed by atoms with Crippen molar-refractivity contribution in [1.82, 2.24) is 10.2 Å². The molecule has 0 aromatic carbocycles. The molecule has 1 aromatic heterocycles. The zero-order valence-corrected chi connectivity index (χ0v) is 11.6. The number of piperidine rings is 1. The highest BCUT2D eigenvalue weighted by Crippen LogP contribution is 2.24. The summed E-state index contributed by atoms with van der Waals surface area (Å²) in [5, 5.41) is 8.15. The number of ether oxygens (including phenoxy) is 1. The van der Waals surface area contributed by atoms with Crippen molar-refractivity contribution in [2.24, 2.45) is 0 Å². The summed E-state index contributed by atoms with van der Waals surface area (Å²) in [4.78, 5) is 13.8. The van der Waals surface area contributed by atoms with E-state index >= 15 is 0 Å². The quantitative estimate of drug-likeness (QED) is 0.781. The third-order valence-corrected chi connectivity index (χ3v) is 3.53. The third kappa shape index (κ3) is 3.22. The lowest BCUT2D eigenvalue weighted by atomic mass is 10.0. The second-order valence-electron chi connectivity index (χ2n) is 4.75. The van der Waals surface area contributed by atoms with Gasteiger partial charge in [-0.05, 0) is 44.7 Å². The minimum absolute atomic E-state index is 0.274. The fourth-order valence-corrected chi connectivity index (χ4v) is 2.52. The van der Waals surface area contributed by atoms with E-state index in [1.54, 1.807) is 13.0 Å². The minimum atomic E-state index is -0.410. The van der Waals surface area contributed by atoms with Crippen molar-refractivity contribution in [2.45, 2.75) is 45.6 Å². The van der Waals surface area contributed by atoms with Crippen molar-refractivity contribution in [3.8, 4) is 0 Å². The summed E-state index contributed by atoms with van der Waals surface area (Å²) < 4.78 is 4.90. The molecule has 0 aliphatic carbocycles. The summed E-state index contributed by atoms with van der Waals surface area (Å²) in [5.41, 5.74) is 0.274. The van der Waals surface area contributed by atoms with Gasteiger partial charge in [-0.1, -0.05) is 6.92 Å². The first-order valence-electron chi connectivity index (χ1n) is 7.03. The van der Waals surface area contributed by atoms with E-state index in [0.717, 1.165) is 18.8 Å². The van der Waals surface area contributed by atoms with E-state index in [1.165, 1.54) is 19.3 Å². The van der Waals surface area contributed by atoms with E-state index in [-0.39, 0.29) is 5.69 Å². The number of carbonyl (C=O) groups excluding carboxylic acids is 1. The van der Waals surface area contributed by atoms with Crippen LogP contribution in [0, 0.1) is 0 Å². The molecular weight excluding hydrogens is 242 g/mol. The Hall–Kier alpha value is -1.65. The summed E-state index contributed by atoms with van der Waals surface area (Å²) >= 11 is 0. The largest absolute Gasteiger partial charge is 0.461 e. The lowest BCUT2D eigenvalue weighted by Gasteiger charge is -2.35. The molecule has 104 valence electrons. The molecule has 1 aliphatic rings. The lowest BCUT2D eigenvalue weighted by Crippen LogP contribution is -2.39. The summed E-state index contributed by atoms with van der Waals surface area (Å²) in [7, 11) is 0. The Bertz CT molecular complexity index is 419. The molecule has 2 heterocycles. The highest BCUT2D eigenvalue weighted by atomic mass is 16.5. The van der Waals surface area contributed by atoms with Crippen molar-refractivity contribution >= 4 is 11.8 Å². The Morgan fingerprint density at radius 2 is 2.21 bits per heavy atom. The zero-order valence-electron chi connectivity index (χ0n) is 11.6. The van der Waals surface area contributed by atoms with Gasteiger partial charge in [0.2, 0.25) is 0 Å². The van der Waals surface area contributed by atoms with Crippen molar-refractivity contribution in [3.63, 3.8) is 0 Å². The molecule has 0 spiro atoms. The first kappa shape index (κ1) is 13.8. The molecule has 0 amide bonds. The van der Waals surface area contributed by atoms with E-state index in [4.69, 9.17) is 4.74 Å². The van der Waals surface area contributed by atoms with Crippen molar-refractivity contribution in [2.75, 3.05) is 18.1 Å². The first-order chi connectivity index (χ1) is 9.26. The molecule has 1 aliphatic heterocycles. The van der Waals surface area contributed by atoms with Gasteiger partial charge in [0.15, 0.2) is 11.5 Å². The Balaban J connectivity index is 2.10. The average molecular weight is 263 g/mol. The summed E-state index contributed by atoms with van der Waals surface area (Å²) in [6.07, 6.45) is 4.79. The Kier molecular flexibility index (Phi) is 4.71. The fraction of sp³-hybridized carbons (Fsp3) is 0.643. The molecule has 0 N–H and O–H groups in total. The SMILES string of the molecule is CCOC(=O)c1ccc(N2CCCCC2CC)nn1. The average Bonchev–Trinajstić information content (AvgIpc) is 2.47.